The lowest BCUT2D eigenvalue weighted by Crippen LogP contribution is -2.50. The van der Waals surface area contributed by atoms with Crippen LogP contribution in [0.25, 0.3) is 0 Å². The van der Waals surface area contributed by atoms with Crippen LogP contribution in [-0.4, -0.2) is 58.2 Å². The smallest absolute Gasteiger partial charge is 0.410 e. The van der Waals surface area contributed by atoms with E-state index >= 15 is 0 Å². The van der Waals surface area contributed by atoms with Crippen molar-refractivity contribution in [3.05, 3.63) is 11.4 Å². The molecule has 1 aromatic heterocycles. The Labute approximate surface area is 159 Å². The Hall–Kier alpha value is -2.73. The number of fused-ring (bicyclic) bond motifs is 1. The number of nitrogens with zero attached hydrogens (tertiary/aromatic N) is 4. The largest absolute Gasteiger partial charge is 0.444 e. The van der Waals surface area contributed by atoms with Gasteiger partial charge in [-0.25, -0.2) is 15.2 Å². The zero-order valence-corrected chi connectivity index (χ0v) is 16.3. The monoisotopic (exact) mass is 374 g/mol. The molecule has 2 amide bonds. The van der Waals surface area contributed by atoms with E-state index in [1.807, 2.05) is 25.3 Å². The van der Waals surface area contributed by atoms with Crippen LogP contribution in [0, 0.1) is 11.8 Å². The highest BCUT2D eigenvalue weighted by atomic mass is 16.6. The first kappa shape index (κ1) is 19.0. The molecule has 0 aliphatic carbocycles. The number of ether oxygens (including phenoxy) is 1. The minimum atomic E-state index is -0.511. The number of hydrogen-bond acceptors (Lipinski definition) is 6. The number of imidazole rings is 1. The van der Waals surface area contributed by atoms with Crippen LogP contribution in [0.15, 0.2) is 0 Å². The molecule has 1 aromatic rings. The third kappa shape index (κ3) is 4.17. The van der Waals surface area contributed by atoms with Crippen LogP contribution in [-0.2, 0) is 17.8 Å². The van der Waals surface area contributed by atoms with E-state index in [2.05, 4.69) is 32.6 Å². The molecule has 9 nitrogen and oxygen atoms in total. The van der Waals surface area contributed by atoms with E-state index < -0.39 is 5.60 Å². The average Bonchev–Trinajstić information content (AvgIpc) is 2.98. The number of rotatable bonds is 2. The molecule has 2 aliphatic rings. The van der Waals surface area contributed by atoms with Gasteiger partial charge in [-0.15, -0.1) is 5.92 Å². The summed E-state index contributed by atoms with van der Waals surface area (Å²) in [5, 5.41) is 0. The van der Waals surface area contributed by atoms with Gasteiger partial charge in [-0.2, -0.15) is 0 Å². The van der Waals surface area contributed by atoms with E-state index in [1.54, 1.807) is 11.8 Å². The Balaban J connectivity index is 1.77. The van der Waals surface area contributed by atoms with Crippen molar-refractivity contribution in [2.45, 2.75) is 46.4 Å². The predicted molar refractivity (Wildman–Crippen MR) is 100 cm³/mol. The molecule has 1 saturated heterocycles. The van der Waals surface area contributed by atoms with Gasteiger partial charge >= 0.3 is 6.09 Å². The van der Waals surface area contributed by atoms with E-state index in [-0.39, 0.29) is 12.0 Å². The van der Waals surface area contributed by atoms with Gasteiger partial charge in [-0.05, 0) is 27.7 Å². The summed E-state index contributed by atoms with van der Waals surface area (Å²) >= 11 is 0. The predicted octanol–water partition coefficient (Wildman–Crippen LogP) is 0.712. The Morgan fingerprint density at radius 2 is 1.96 bits per heavy atom. The van der Waals surface area contributed by atoms with Gasteiger partial charge in [0.2, 0.25) is 5.95 Å². The van der Waals surface area contributed by atoms with Gasteiger partial charge < -0.3 is 14.5 Å². The van der Waals surface area contributed by atoms with E-state index in [4.69, 9.17) is 4.74 Å². The van der Waals surface area contributed by atoms with Crippen LogP contribution < -0.4 is 15.8 Å². The van der Waals surface area contributed by atoms with Crippen molar-refractivity contribution in [1.29, 1.82) is 0 Å². The first-order valence-corrected chi connectivity index (χ1v) is 9.05. The van der Waals surface area contributed by atoms with Gasteiger partial charge in [0.05, 0.1) is 18.8 Å². The minimum Gasteiger partial charge on any atom is -0.444 e. The molecule has 0 aromatic carbocycles. The molecule has 0 radical (unpaired) electrons. The molecule has 0 unspecified atom stereocenters. The minimum absolute atomic E-state index is 0.208. The first-order chi connectivity index (χ1) is 12.8. The molecule has 27 heavy (non-hydrogen) atoms. The Kier molecular flexibility index (Phi) is 5.28. The third-order valence-electron chi connectivity index (χ3n) is 4.32. The second-order valence-electron chi connectivity index (χ2n) is 7.48. The summed E-state index contributed by atoms with van der Waals surface area (Å²) < 4.78 is 7.30. The van der Waals surface area contributed by atoms with E-state index in [9.17, 15) is 9.59 Å². The van der Waals surface area contributed by atoms with E-state index in [1.165, 1.54) is 0 Å². The maximum atomic E-state index is 12.3. The topological polar surface area (TPSA) is 91.7 Å². The molecular formula is C18H26N6O3. The van der Waals surface area contributed by atoms with Crippen LogP contribution >= 0.6 is 0 Å². The van der Waals surface area contributed by atoms with Crippen molar-refractivity contribution in [3.8, 4) is 11.8 Å². The number of nitrogens with one attached hydrogen (secondary N) is 2. The molecule has 2 aliphatic heterocycles. The second-order valence-corrected chi connectivity index (χ2v) is 7.48. The van der Waals surface area contributed by atoms with Gasteiger partial charge in [0.25, 0.3) is 5.91 Å². The number of amides is 2. The molecule has 9 heteroatoms. The van der Waals surface area contributed by atoms with Crippen LogP contribution in [0.3, 0.4) is 0 Å². The third-order valence-corrected chi connectivity index (χ3v) is 4.32. The van der Waals surface area contributed by atoms with Crippen LogP contribution in [0.2, 0.25) is 0 Å². The molecular weight excluding hydrogens is 348 g/mol. The lowest BCUT2D eigenvalue weighted by Gasteiger charge is -2.36. The van der Waals surface area contributed by atoms with Crippen molar-refractivity contribution in [3.63, 3.8) is 0 Å². The maximum absolute atomic E-state index is 12.3. The Bertz CT molecular complexity index is 790. The molecule has 0 spiro atoms. The maximum Gasteiger partial charge on any atom is 0.410 e. The zero-order chi connectivity index (χ0) is 19.6. The molecule has 2 N–H and O–H groups in total. The zero-order valence-electron chi connectivity index (χ0n) is 16.3. The van der Waals surface area contributed by atoms with Crippen molar-refractivity contribution in [2.24, 2.45) is 0 Å². The lowest BCUT2D eigenvalue weighted by atomic mass is 10.2. The second kappa shape index (κ2) is 7.48. The van der Waals surface area contributed by atoms with Gasteiger partial charge in [0, 0.05) is 26.2 Å². The standard InChI is InChI=1S/C18H26N6O3/c1-5-6-7-24-14-13(12-19-21-15(14)25)20-16(24)22-8-10-23(11-9-22)17(26)27-18(2,3)4/h19H,7-12H2,1-4H3,(H,21,25). The lowest BCUT2D eigenvalue weighted by molar-refractivity contribution is 0.0240. The number of carbonyl (C=O) groups is 2. The van der Waals surface area contributed by atoms with Gasteiger partial charge in [-0.3, -0.25) is 14.8 Å². The summed E-state index contributed by atoms with van der Waals surface area (Å²) in [5.41, 5.74) is 6.20. The van der Waals surface area contributed by atoms with Crippen LogP contribution in [0.4, 0.5) is 10.7 Å². The number of hydrogen-bond donors (Lipinski definition) is 2. The molecule has 0 saturated carbocycles. The van der Waals surface area contributed by atoms with Gasteiger partial charge in [0.1, 0.15) is 11.3 Å². The molecule has 146 valence electrons. The van der Waals surface area contributed by atoms with Gasteiger partial charge in [-0.1, -0.05) is 5.92 Å². The number of aromatic nitrogens is 2. The SMILES string of the molecule is CC#CCn1c(N2CCN(C(=O)OC(C)(C)C)CC2)nc2c1C(=O)NNC2. The fourth-order valence-corrected chi connectivity index (χ4v) is 3.10. The highest BCUT2D eigenvalue weighted by Gasteiger charge is 2.31. The number of piperazine rings is 1. The number of anilines is 1. The molecule has 1 fully saturated rings. The van der Waals surface area contributed by atoms with Crippen LogP contribution in [0.5, 0.6) is 0 Å². The highest BCUT2D eigenvalue weighted by molar-refractivity contribution is 5.95. The molecule has 3 heterocycles. The molecule has 0 bridgehead atoms. The van der Waals surface area contributed by atoms with Crippen molar-refractivity contribution < 1.29 is 14.3 Å². The quantitative estimate of drug-likeness (QED) is 0.741. The fraction of sp³-hybridized carbons (Fsp3) is 0.611. The summed E-state index contributed by atoms with van der Waals surface area (Å²) in [7, 11) is 0. The normalized spacial score (nSPS) is 17.0. The summed E-state index contributed by atoms with van der Waals surface area (Å²) in [5.74, 6) is 6.39. The number of hydrazine groups is 1. The number of carbonyl (C=O) groups excluding carboxylic acids is 2. The first-order valence-electron chi connectivity index (χ1n) is 9.05. The Morgan fingerprint density at radius 1 is 1.26 bits per heavy atom. The summed E-state index contributed by atoms with van der Waals surface area (Å²) in [6, 6.07) is 0. The van der Waals surface area contributed by atoms with Crippen LogP contribution in [0.1, 0.15) is 43.9 Å². The highest BCUT2D eigenvalue weighted by Crippen LogP contribution is 2.23. The Morgan fingerprint density at radius 3 is 2.59 bits per heavy atom. The average molecular weight is 374 g/mol. The van der Waals surface area contributed by atoms with E-state index in [0.29, 0.717) is 56.6 Å². The van der Waals surface area contributed by atoms with Crippen molar-refractivity contribution >= 4 is 17.9 Å². The van der Waals surface area contributed by atoms with Crippen molar-refractivity contribution in [1.82, 2.24) is 25.3 Å². The fourth-order valence-electron chi connectivity index (χ4n) is 3.10. The summed E-state index contributed by atoms with van der Waals surface area (Å²) in [6.07, 6.45) is -0.301. The summed E-state index contributed by atoms with van der Waals surface area (Å²) in [4.78, 5) is 33.0. The molecule has 0 atom stereocenters. The molecule has 3 rings (SSSR count). The van der Waals surface area contributed by atoms with Gasteiger partial charge in [0.15, 0.2) is 0 Å². The van der Waals surface area contributed by atoms with Crippen molar-refractivity contribution in [2.75, 3.05) is 31.1 Å². The summed E-state index contributed by atoms with van der Waals surface area (Å²) in [6.45, 7) is 10.5. The van der Waals surface area contributed by atoms with E-state index in [0.717, 1.165) is 0 Å².